The third kappa shape index (κ3) is 3.46. The van der Waals surface area contributed by atoms with Crippen molar-refractivity contribution in [3.8, 4) is 0 Å². The van der Waals surface area contributed by atoms with Crippen LogP contribution in [0.3, 0.4) is 0 Å². The van der Waals surface area contributed by atoms with Gasteiger partial charge in [-0.25, -0.2) is 0 Å². The highest BCUT2D eigenvalue weighted by atomic mass is 15.2. The molecular weight excluding hydrogens is 314 g/mol. The predicted octanol–water partition coefficient (Wildman–Crippen LogP) is 6.75. The first kappa shape index (κ1) is 18.8. The summed E-state index contributed by atoms with van der Waals surface area (Å²) in [7, 11) is 0. The van der Waals surface area contributed by atoms with Gasteiger partial charge in [0.1, 0.15) is 0 Å². The van der Waals surface area contributed by atoms with Crippen LogP contribution in [0.4, 0.5) is 0 Å². The van der Waals surface area contributed by atoms with Crippen LogP contribution < -0.4 is 0 Å². The second-order valence-electron chi connectivity index (χ2n) is 10.8. The van der Waals surface area contributed by atoms with Crippen LogP contribution in [0.2, 0.25) is 0 Å². The molecular formula is C25H41N. The lowest BCUT2D eigenvalue weighted by Gasteiger charge is -2.60. The normalized spacial score (nSPS) is 37.1. The molecule has 0 aromatic rings. The van der Waals surface area contributed by atoms with E-state index in [1.807, 2.05) is 0 Å². The molecule has 1 saturated heterocycles. The first-order valence-corrected chi connectivity index (χ1v) is 11.6. The largest absolute Gasteiger partial charge is 0.299 e. The SMILES string of the molecule is CCC1=CC(C)(CC2CCCCC2N2CC3(CCC3)C2)CC=C1C(C)C. The minimum Gasteiger partial charge on any atom is -0.299 e. The Kier molecular flexibility index (Phi) is 5.14. The van der Waals surface area contributed by atoms with Crippen molar-refractivity contribution in [3.05, 3.63) is 23.3 Å². The van der Waals surface area contributed by atoms with Crippen LogP contribution in [0.5, 0.6) is 0 Å². The first-order chi connectivity index (χ1) is 12.4. The van der Waals surface area contributed by atoms with Gasteiger partial charge in [0, 0.05) is 19.1 Å². The van der Waals surface area contributed by atoms with Crippen molar-refractivity contribution < 1.29 is 0 Å². The van der Waals surface area contributed by atoms with Gasteiger partial charge >= 0.3 is 0 Å². The summed E-state index contributed by atoms with van der Waals surface area (Å²) in [4.78, 5) is 2.90. The maximum absolute atomic E-state index is 2.90. The zero-order chi connectivity index (χ0) is 18.4. The van der Waals surface area contributed by atoms with E-state index in [1.54, 1.807) is 11.1 Å². The van der Waals surface area contributed by atoms with Gasteiger partial charge in [0.05, 0.1) is 0 Å². The molecule has 1 heteroatoms. The number of hydrogen-bond acceptors (Lipinski definition) is 1. The van der Waals surface area contributed by atoms with Gasteiger partial charge in [-0.1, -0.05) is 59.1 Å². The molecule has 4 rings (SSSR count). The van der Waals surface area contributed by atoms with Crippen molar-refractivity contribution in [2.24, 2.45) is 22.7 Å². The van der Waals surface area contributed by atoms with Gasteiger partial charge in [-0.3, -0.25) is 4.90 Å². The molecule has 1 aliphatic heterocycles. The Labute approximate surface area is 162 Å². The molecule has 3 atom stereocenters. The van der Waals surface area contributed by atoms with Crippen molar-refractivity contribution in [3.63, 3.8) is 0 Å². The molecule has 3 unspecified atom stereocenters. The van der Waals surface area contributed by atoms with Gasteiger partial charge in [0.2, 0.25) is 0 Å². The molecule has 3 aliphatic carbocycles. The average Bonchev–Trinajstić information content (AvgIpc) is 2.53. The highest BCUT2D eigenvalue weighted by Crippen LogP contribution is 2.52. The molecule has 0 N–H and O–H groups in total. The monoisotopic (exact) mass is 355 g/mol. The molecule has 3 fully saturated rings. The van der Waals surface area contributed by atoms with E-state index in [-0.39, 0.29) is 0 Å². The minimum atomic E-state index is 0.392. The molecule has 1 heterocycles. The fourth-order valence-corrected chi connectivity index (χ4v) is 6.64. The molecule has 0 aromatic carbocycles. The predicted molar refractivity (Wildman–Crippen MR) is 112 cm³/mol. The van der Waals surface area contributed by atoms with E-state index in [4.69, 9.17) is 0 Å². The quantitative estimate of drug-likeness (QED) is 0.527. The van der Waals surface area contributed by atoms with Gasteiger partial charge < -0.3 is 0 Å². The van der Waals surface area contributed by atoms with Gasteiger partial charge in [-0.2, -0.15) is 0 Å². The Morgan fingerprint density at radius 3 is 2.46 bits per heavy atom. The summed E-state index contributed by atoms with van der Waals surface area (Å²) in [5, 5.41) is 0. The zero-order valence-electron chi connectivity index (χ0n) is 17.8. The van der Waals surface area contributed by atoms with Crippen molar-refractivity contribution in [1.82, 2.24) is 4.90 Å². The standard InChI is InChI=1S/C25H41N/c1-5-20-15-24(4,14-11-22(20)19(2)3)16-21-9-6-7-10-23(21)26-17-25(18-26)12-8-13-25/h11,15,19,21,23H,5-10,12-14,16-18H2,1-4H3. The van der Waals surface area contributed by atoms with Crippen molar-refractivity contribution >= 4 is 0 Å². The number of rotatable bonds is 5. The summed E-state index contributed by atoms with van der Waals surface area (Å²) >= 11 is 0. The van der Waals surface area contributed by atoms with E-state index in [0.29, 0.717) is 11.3 Å². The van der Waals surface area contributed by atoms with Crippen molar-refractivity contribution in [2.45, 2.75) is 97.9 Å². The Bertz CT molecular complexity index is 571. The van der Waals surface area contributed by atoms with Crippen LogP contribution in [0.1, 0.15) is 91.9 Å². The number of nitrogens with zero attached hydrogens (tertiary/aromatic N) is 1. The molecule has 0 bridgehead atoms. The van der Waals surface area contributed by atoms with Crippen molar-refractivity contribution in [1.29, 1.82) is 0 Å². The smallest absolute Gasteiger partial charge is 0.0124 e. The molecule has 4 aliphatic rings. The molecule has 26 heavy (non-hydrogen) atoms. The topological polar surface area (TPSA) is 3.24 Å². The lowest BCUT2D eigenvalue weighted by atomic mass is 9.61. The van der Waals surface area contributed by atoms with E-state index in [2.05, 4.69) is 44.7 Å². The highest BCUT2D eigenvalue weighted by molar-refractivity contribution is 5.37. The minimum absolute atomic E-state index is 0.392. The summed E-state index contributed by atoms with van der Waals surface area (Å²) in [6.07, 6.45) is 19.6. The molecule has 1 spiro atoms. The summed E-state index contributed by atoms with van der Waals surface area (Å²) in [6.45, 7) is 12.5. The molecule has 0 radical (unpaired) electrons. The van der Waals surface area contributed by atoms with Crippen LogP contribution in [0.25, 0.3) is 0 Å². The Morgan fingerprint density at radius 1 is 1.12 bits per heavy atom. The van der Waals surface area contributed by atoms with Crippen LogP contribution >= 0.6 is 0 Å². The van der Waals surface area contributed by atoms with Gasteiger partial charge in [-0.05, 0) is 78.8 Å². The van der Waals surface area contributed by atoms with E-state index in [1.165, 1.54) is 77.3 Å². The zero-order valence-corrected chi connectivity index (χ0v) is 17.8. The molecule has 0 aromatic heterocycles. The third-order valence-corrected chi connectivity index (χ3v) is 8.24. The summed E-state index contributed by atoms with van der Waals surface area (Å²) in [5.41, 5.74) is 4.43. The van der Waals surface area contributed by atoms with Crippen LogP contribution in [0, 0.1) is 22.7 Å². The summed E-state index contributed by atoms with van der Waals surface area (Å²) in [5.74, 6) is 1.60. The van der Waals surface area contributed by atoms with E-state index >= 15 is 0 Å². The van der Waals surface area contributed by atoms with Crippen LogP contribution in [0.15, 0.2) is 23.3 Å². The summed E-state index contributed by atoms with van der Waals surface area (Å²) < 4.78 is 0. The fraction of sp³-hybridized carbons (Fsp3) is 0.840. The molecule has 0 amide bonds. The average molecular weight is 356 g/mol. The Hall–Kier alpha value is -0.560. The first-order valence-electron chi connectivity index (χ1n) is 11.6. The van der Waals surface area contributed by atoms with Gasteiger partial charge in [0.25, 0.3) is 0 Å². The van der Waals surface area contributed by atoms with Gasteiger partial charge in [0.15, 0.2) is 0 Å². The summed E-state index contributed by atoms with van der Waals surface area (Å²) in [6, 6.07) is 0.890. The third-order valence-electron chi connectivity index (χ3n) is 8.24. The molecule has 146 valence electrons. The number of allylic oxidation sites excluding steroid dienone is 4. The van der Waals surface area contributed by atoms with E-state index in [9.17, 15) is 0 Å². The second kappa shape index (κ2) is 7.12. The van der Waals surface area contributed by atoms with E-state index in [0.717, 1.165) is 17.4 Å². The lowest BCUT2D eigenvalue weighted by molar-refractivity contribution is -0.104. The molecule has 2 saturated carbocycles. The Morgan fingerprint density at radius 2 is 1.85 bits per heavy atom. The maximum Gasteiger partial charge on any atom is 0.0124 e. The van der Waals surface area contributed by atoms with E-state index < -0.39 is 0 Å². The molecule has 1 nitrogen and oxygen atoms in total. The van der Waals surface area contributed by atoms with Crippen molar-refractivity contribution in [2.75, 3.05) is 13.1 Å². The number of hydrogen-bond donors (Lipinski definition) is 0. The Balaban J connectivity index is 1.44. The highest BCUT2D eigenvalue weighted by Gasteiger charge is 2.50. The maximum atomic E-state index is 2.90. The second-order valence-corrected chi connectivity index (χ2v) is 10.8. The van der Waals surface area contributed by atoms with Crippen LogP contribution in [-0.4, -0.2) is 24.0 Å². The van der Waals surface area contributed by atoms with Gasteiger partial charge in [-0.15, -0.1) is 0 Å². The fourth-order valence-electron chi connectivity index (χ4n) is 6.64. The van der Waals surface area contributed by atoms with Crippen LogP contribution in [-0.2, 0) is 0 Å². The number of likely N-dealkylation sites (tertiary alicyclic amines) is 1. The lowest BCUT2D eigenvalue weighted by Crippen LogP contribution is -2.64.